The van der Waals surface area contributed by atoms with Crippen LogP contribution in [0.2, 0.25) is 0 Å². The van der Waals surface area contributed by atoms with E-state index in [1.807, 2.05) is 41.5 Å². The Bertz CT molecular complexity index is 380. The highest BCUT2D eigenvalue weighted by Gasteiger charge is 2.18. The molecule has 2 heterocycles. The number of nitrogens with zero attached hydrogens (tertiary/aromatic N) is 3. The quantitative estimate of drug-likeness (QED) is 0.712. The molecule has 2 aliphatic heterocycles. The molecule has 0 amide bonds. The Morgan fingerprint density at radius 3 is 1.54 bits per heavy atom. The molecule has 2 saturated heterocycles. The first kappa shape index (κ1) is 24.9. The Hall–Kier alpha value is -1.06. The van der Waals surface area contributed by atoms with E-state index in [0.29, 0.717) is 0 Å². The van der Waals surface area contributed by atoms with E-state index in [2.05, 4.69) is 45.0 Å². The number of likely N-dealkylation sites (tertiary alicyclic amines) is 1. The van der Waals surface area contributed by atoms with Crippen molar-refractivity contribution >= 4 is 5.69 Å². The lowest BCUT2D eigenvalue weighted by molar-refractivity contribution is 0.177. The summed E-state index contributed by atoms with van der Waals surface area (Å²) in [5, 5.41) is 0. The molecule has 0 spiro atoms. The molecule has 1 aromatic rings. The third-order valence-electron chi connectivity index (χ3n) is 4.67. The Morgan fingerprint density at radius 2 is 1.04 bits per heavy atom. The largest absolute Gasteiger partial charge is 0.369 e. The van der Waals surface area contributed by atoms with E-state index in [9.17, 15) is 0 Å². The SMILES string of the molecule is CC.CC.CC.c1ccc(N2CCN(CCN3CCCCC3)CC2)cc1. The summed E-state index contributed by atoms with van der Waals surface area (Å²) in [4.78, 5) is 7.79. The number of rotatable bonds is 4. The number of hydrogen-bond donors (Lipinski definition) is 0. The average Bonchev–Trinajstić information content (AvgIpc) is 2.78. The fraction of sp³-hybridized carbons (Fsp3) is 0.739. The standard InChI is InChI=1S/C17H27N3.3C2H6/c1-3-7-17(8-4-1)20-15-13-19(14-16-20)12-11-18-9-5-2-6-10-18;3*1-2/h1,3-4,7-8H,2,5-6,9-16H2;3*1-2H3. The van der Waals surface area contributed by atoms with Crippen LogP contribution in [0.15, 0.2) is 30.3 Å². The molecule has 0 radical (unpaired) electrons. The maximum Gasteiger partial charge on any atom is 0.0367 e. The van der Waals surface area contributed by atoms with E-state index >= 15 is 0 Å². The van der Waals surface area contributed by atoms with Crippen LogP contribution in [0.5, 0.6) is 0 Å². The van der Waals surface area contributed by atoms with E-state index in [4.69, 9.17) is 0 Å². The molecule has 0 aliphatic carbocycles. The van der Waals surface area contributed by atoms with E-state index in [1.165, 1.54) is 77.3 Å². The summed E-state index contributed by atoms with van der Waals surface area (Å²) >= 11 is 0. The zero-order chi connectivity index (χ0) is 19.6. The second kappa shape index (κ2) is 17.4. The van der Waals surface area contributed by atoms with Gasteiger partial charge in [0.1, 0.15) is 0 Å². The van der Waals surface area contributed by atoms with Gasteiger partial charge >= 0.3 is 0 Å². The fourth-order valence-electron chi connectivity index (χ4n) is 3.33. The molecule has 0 unspecified atom stereocenters. The first-order chi connectivity index (χ1) is 12.9. The first-order valence-corrected chi connectivity index (χ1v) is 11.2. The Kier molecular flexibility index (Phi) is 16.7. The zero-order valence-corrected chi connectivity index (χ0v) is 18.5. The molecule has 0 saturated carbocycles. The van der Waals surface area contributed by atoms with Crippen LogP contribution < -0.4 is 4.90 Å². The molecule has 0 atom stereocenters. The minimum absolute atomic E-state index is 1.17. The second-order valence-corrected chi connectivity index (χ2v) is 6.07. The van der Waals surface area contributed by atoms with Crippen LogP contribution in [0, 0.1) is 0 Å². The molecule has 1 aromatic carbocycles. The topological polar surface area (TPSA) is 9.72 Å². The summed E-state index contributed by atoms with van der Waals surface area (Å²) in [6.45, 7) is 21.9. The van der Waals surface area contributed by atoms with E-state index in [1.54, 1.807) is 0 Å². The minimum atomic E-state index is 1.17. The summed E-state index contributed by atoms with van der Waals surface area (Å²) in [6, 6.07) is 10.8. The van der Waals surface area contributed by atoms with Crippen molar-refractivity contribution in [1.82, 2.24) is 9.80 Å². The predicted octanol–water partition coefficient (Wildman–Crippen LogP) is 5.37. The highest BCUT2D eigenvalue weighted by Crippen LogP contribution is 2.15. The smallest absolute Gasteiger partial charge is 0.0367 e. The van der Waals surface area contributed by atoms with Gasteiger partial charge in [-0.15, -0.1) is 0 Å². The Labute approximate surface area is 164 Å². The highest BCUT2D eigenvalue weighted by atomic mass is 15.3. The van der Waals surface area contributed by atoms with Crippen LogP contribution >= 0.6 is 0 Å². The minimum Gasteiger partial charge on any atom is -0.369 e. The van der Waals surface area contributed by atoms with Crippen LogP contribution in [0.25, 0.3) is 0 Å². The number of para-hydroxylation sites is 1. The number of piperazine rings is 1. The van der Waals surface area contributed by atoms with Gasteiger partial charge in [-0.2, -0.15) is 0 Å². The Morgan fingerprint density at radius 1 is 0.577 bits per heavy atom. The summed E-state index contributed by atoms with van der Waals surface area (Å²) in [5.74, 6) is 0. The van der Waals surface area contributed by atoms with Crippen molar-refractivity contribution in [2.24, 2.45) is 0 Å². The van der Waals surface area contributed by atoms with Crippen molar-refractivity contribution in [1.29, 1.82) is 0 Å². The van der Waals surface area contributed by atoms with Crippen LogP contribution in [-0.4, -0.2) is 62.2 Å². The van der Waals surface area contributed by atoms with Gasteiger partial charge in [0.2, 0.25) is 0 Å². The number of benzene rings is 1. The van der Waals surface area contributed by atoms with Crippen LogP contribution in [0.1, 0.15) is 60.8 Å². The average molecular weight is 364 g/mol. The summed E-state index contributed by atoms with van der Waals surface area (Å²) in [5.41, 5.74) is 1.38. The first-order valence-electron chi connectivity index (χ1n) is 11.2. The van der Waals surface area contributed by atoms with Crippen molar-refractivity contribution in [3.8, 4) is 0 Å². The number of anilines is 1. The molecule has 3 nitrogen and oxygen atoms in total. The van der Waals surface area contributed by atoms with E-state index in [-0.39, 0.29) is 0 Å². The summed E-state index contributed by atoms with van der Waals surface area (Å²) in [6.07, 6.45) is 4.25. The third-order valence-corrected chi connectivity index (χ3v) is 4.67. The summed E-state index contributed by atoms with van der Waals surface area (Å²) in [7, 11) is 0. The lowest BCUT2D eigenvalue weighted by atomic mass is 10.1. The monoisotopic (exact) mass is 363 g/mol. The molecule has 152 valence electrons. The molecule has 2 fully saturated rings. The summed E-state index contributed by atoms with van der Waals surface area (Å²) < 4.78 is 0. The molecule has 2 aliphatic rings. The van der Waals surface area contributed by atoms with Gasteiger partial charge in [-0.05, 0) is 38.1 Å². The lowest BCUT2D eigenvalue weighted by Crippen LogP contribution is -2.48. The van der Waals surface area contributed by atoms with Gasteiger partial charge in [0, 0.05) is 45.0 Å². The molecule has 0 N–H and O–H groups in total. The van der Waals surface area contributed by atoms with Gasteiger partial charge in [-0.1, -0.05) is 66.2 Å². The van der Waals surface area contributed by atoms with Crippen LogP contribution in [0.3, 0.4) is 0 Å². The molecular weight excluding hydrogens is 318 g/mol. The molecule has 3 heteroatoms. The molecule has 0 aromatic heterocycles. The van der Waals surface area contributed by atoms with Crippen molar-refractivity contribution in [2.75, 3.05) is 57.3 Å². The molecular formula is C23H45N3. The van der Waals surface area contributed by atoms with Gasteiger partial charge in [0.15, 0.2) is 0 Å². The maximum atomic E-state index is 2.65. The normalized spacial score (nSPS) is 17.7. The van der Waals surface area contributed by atoms with Crippen molar-refractivity contribution in [3.63, 3.8) is 0 Å². The third kappa shape index (κ3) is 9.59. The van der Waals surface area contributed by atoms with E-state index in [0.717, 1.165) is 0 Å². The van der Waals surface area contributed by atoms with Gasteiger partial charge in [-0.3, -0.25) is 4.90 Å². The van der Waals surface area contributed by atoms with Gasteiger partial charge in [0.05, 0.1) is 0 Å². The lowest BCUT2D eigenvalue weighted by Gasteiger charge is -2.37. The molecule has 3 rings (SSSR count). The Balaban J connectivity index is 0.000000948. The maximum absolute atomic E-state index is 2.65. The van der Waals surface area contributed by atoms with Crippen LogP contribution in [0.4, 0.5) is 5.69 Å². The second-order valence-electron chi connectivity index (χ2n) is 6.07. The number of piperidine rings is 1. The van der Waals surface area contributed by atoms with Crippen molar-refractivity contribution in [3.05, 3.63) is 30.3 Å². The van der Waals surface area contributed by atoms with Crippen LogP contribution in [-0.2, 0) is 0 Å². The highest BCUT2D eigenvalue weighted by molar-refractivity contribution is 5.46. The van der Waals surface area contributed by atoms with Gasteiger partial charge < -0.3 is 9.80 Å². The van der Waals surface area contributed by atoms with Crippen molar-refractivity contribution in [2.45, 2.75) is 60.8 Å². The zero-order valence-electron chi connectivity index (χ0n) is 18.5. The van der Waals surface area contributed by atoms with E-state index < -0.39 is 0 Å². The fourth-order valence-corrected chi connectivity index (χ4v) is 3.33. The van der Waals surface area contributed by atoms with Gasteiger partial charge in [0.25, 0.3) is 0 Å². The van der Waals surface area contributed by atoms with Crippen molar-refractivity contribution < 1.29 is 0 Å². The number of hydrogen-bond acceptors (Lipinski definition) is 3. The predicted molar refractivity (Wildman–Crippen MR) is 119 cm³/mol. The molecule has 0 bridgehead atoms. The van der Waals surface area contributed by atoms with Gasteiger partial charge in [-0.25, -0.2) is 0 Å². The molecule has 26 heavy (non-hydrogen) atoms.